The molecule has 0 saturated carbocycles. The van der Waals surface area contributed by atoms with Crippen LogP contribution in [0.25, 0.3) is 0 Å². The number of nitrogens with zero attached hydrogens (tertiary/aromatic N) is 1. The zero-order valence-electron chi connectivity index (χ0n) is 19.7. The van der Waals surface area contributed by atoms with Crippen molar-refractivity contribution in [3.05, 3.63) is 29.8 Å². The minimum absolute atomic E-state index is 0.0577. The van der Waals surface area contributed by atoms with Crippen molar-refractivity contribution in [3.63, 3.8) is 0 Å². The highest BCUT2D eigenvalue weighted by atomic mass is 32.1. The van der Waals surface area contributed by atoms with Gasteiger partial charge >= 0.3 is 12.1 Å². The van der Waals surface area contributed by atoms with Gasteiger partial charge in [-0.2, -0.15) is 12.6 Å². The van der Waals surface area contributed by atoms with Gasteiger partial charge in [-0.25, -0.2) is 4.79 Å². The van der Waals surface area contributed by atoms with Crippen LogP contribution in [-0.4, -0.2) is 71.0 Å². The number of benzene rings is 1. The molecule has 11 heteroatoms. The number of alkyl carbamates (subject to hydrolysis) is 1. The first-order valence-electron chi connectivity index (χ1n) is 10.4. The topological polar surface area (TPSA) is 134 Å². The van der Waals surface area contributed by atoms with Gasteiger partial charge in [0.15, 0.2) is 0 Å². The van der Waals surface area contributed by atoms with E-state index in [2.05, 4.69) is 28.0 Å². The van der Waals surface area contributed by atoms with E-state index in [0.717, 1.165) is 0 Å². The van der Waals surface area contributed by atoms with Gasteiger partial charge in [-0.05, 0) is 52.3 Å². The molecule has 0 heterocycles. The number of thiol groups is 1. The summed E-state index contributed by atoms with van der Waals surface area (Å²) in [6.45, 7) is 8.06. The molecule has 1 rings (SSSR count). The SMILES string of the molecule is COC(=O)CNC(=O)C(c1cccc(O)c1)N(C(=O)C(CS)NC(=O)OC(C)(C)C)C(C)C. The number of nitrogens with one attached hydrogen (secondary N) is 2. The van der Waals surface area contributed by atoms with Crippen LogP contribution in [-0.2, 0) is 23.9 Å². The fraction of sp³-hybridized carbons (Fsp3) is 0.545. The van der Waals surface area contributed by atoms with E-state index in [1.54, 1.807) is 40.7 Å². The summed E-state index contributed by atoms with van der Waals surface area (Å²) in [5.74, 6) is -2.08. The lowest BCUT2D eigenvalue weighted by Gasteiger charge is -2.36. The smallest absolute Gasteiger partial charge is 0.408 e. The second-order valence-electron chi connectivity index (χ2n) is 8.51. The second kappa shape index (κ2) is 12.3. The van der Waals surface area contributed by atoms with Crippen molar-refractivity contribution >= 4 is 36.5 Å². The minimum Gasteiger partial charge on any atom is -0.508 e. The maximum atomic E-state index is 13.5. The van der Waals surface area contributed by atoms with Gasteiger partial charge in [0, 0.05) is 11.8 Å². The maximum absolute atomic E-state index is 13.5. The number of carbonyl (C=O) groups is 4. The first kappa shape index (κ1) is 28.1. The van der Waals surface area contributed by atoms with Crippen LogP contribution in [0.5, 0.6) is 5.75 Å². The van der Waals surface area contributed by atoms with E-state index in [1.165, 1.54) is 30.2 Å². The molecule has 0 aliphatic rings. The van der Waals surface area contributed by atoms with Crippen LogP contribution in [0.2, 0.25) is 0 Å². The number of ether oxygens (including phenoxy) is 2. The number of hydrogen-bond donors (Lipinski definition) is 4. The Kier molecular flexibility index (Phi) is 10.5. The van der Waals surface area contributed by atoms with Gasteiger partial charge in [-0.3, -0.25) is 14.4 Å². The zero-order chi connectivity index (χ0) is 25.3. The van der Waals surface area contributed by atoms with Crippen LogP contribution in [0.15, 0.2) is 24.3 Å². The number of amides is 3. The molecule has 10 nitrogen and oxygen atoms in total. The highest BCUT2D eigenvalue weighted by molar-refractivity contribution is 7.80. The Labute approximate surface area is 199 Å². The zero-order valence-corrected chi connectivity index (χ0v) is 20.6. The summed E-state index contributed by atoms with van der Waals surface area (Å²) in [7, 11) is 1.19. The number of rotatable bonds is 9. The summed E-state index contributed by atoms with van der Waals surface area (Å²) >= 11 is 4.19. The molecule has 3 amide bonds. The Morgan fingerprint density at radius 2 is 1.82 bits per heavy atom. The number of esters is 1. The Bertz CT molecular complexity index is 855. The largest absolute Gasteiger partial charge is 0.508 e. The second-order valence-corrected chi connectivity index (χ2v) is 8.88. The van der Waals surface area contributed by atoms with Crippen molar-refractivity contribution in [2.75, 3.05) is 19.4 Å². The molecule has 0 aromatic heterocycles. The summed E-state index contributed by atoms with van der Waals surface area (Å²) in [6.07, 6.45) is -0.803. The average Bonchev–Trinajstić information content (AvgIpc) is 2.71. The van der Waals surface area contributed by atoms with Gasteiger partial charge in [0.2, 0.25) is 11.8 Å². The molecule has 33 heavy (non-hydrogen) atoms. The minimum atomic E-state index is -1.21. The number of hydrogen-bond acceptors (Lipinski definition) is 8. The quantitative estimate of drug-likeness (QED) is 0.311. The number of carbonyl (C=O) groups excluding carboxylic acids is 4. The molecule has 0 fully saturated rings. The van der Waals surface area contributed by atoms with Gasteiger partial charge in [0.25, 0.3) is 0 Å². The first-order valence-corrected chi connectivity index (χ1v) is 11.0. The highest BCUT2D eigenvalue weighted by Crippen LogP contribution is 2.27. The van der Waals surface area contributed by atoms with E-state index in [4.69, 9.17) is 4.74 Å². The lowest BCUT2D eigenvalue weighted by Crippen LogP contribution is -2.56. The molecule has 0 spiro atoms. The predicted molar refractivity (Wildman–Crippen MR) is 125 cm³/mol. The number of methoxy groups -OCH3 is 1. The molecule has 2 unspecified atom stereocenters. The molecule has 184 valence electrons. The van der Waals surface area contributed by atoms with E-state index >= 15 is 0 Å². The third kappa shape index (κ3) is 8.83. The third-order valence-corrected chi connectivity index (χ3v) is 4.69. The van der Waals surface area contributed by atoms with Crippen molar-refractivity contribution in [2.24, 2.45) is 0 Å². The molecule has 0 saturated heterocycles. The fourth-order valence-electron chi connectivity index (χ4n) is 2.96. The molecular formula is C22H33N3O7S. The summed E-state index contributed by atoms with van der Waals surface area (Å²) in [6, 6.07) is 3.06. The molecule has 3 N–H and O–H groups in total. The Morgan fingerprint density at radius 1 is 1.18 bits per heavy atom. The van der Waals surface area contributed by atoms with Crippen molar-refractivity contribution < 1.29 is 33.8 Å². The van der Waals surface area contributed by atoms with Crippen LogP contribution in [0, 0.1) is 0 Å². The van der Waals surface area contributed by atoms with Crippen LogP contribution in [0.4, 0.5) is 4.79 Å². The standard InChI is InChI=1S/C22H33N3O7S/c1-13(2)25(20(29)16(12-33)24-21(30)32-22(3,4)5)18(14-8-7-9-15(26)10-14)19(28)23-11-17(27)31-6/h7-10,13,16,18,26,33H,11-12H2,1-6H3,(H,23,28)(H,24,30). The molecule has 1 aromatic carbocycles. The van der Waals surface area contributed by atoms with Crippen LogP contribution in [0.1, 0.15) is 46.2 Å². The molecule has 0 aliphatic carbocycles. The van der Waals surface area contributed by atoms with Crippen LogP contribution >= 0.6 is 12.6 Å². The van der Waals surface area contributed by atoms with E-state index in [-0.39, 0.29) is 11.5 Å². The highest BCUT2D eigenvalue weighted by Gasteiger charge is 2.37. The average molecular weight is 484 g/mol. The van der Waals surface area contributed by atoms with Gasteiger partial charge in [0.1, 0.15) is 30.0 Å². The van der Waals surface area contributed by atoms with Crippen molar-refractivity contribution in [1.82, 2.24) is 15.5 Å². The van der Waals surface area contributed by atoms with Crippen LogP contribution in [0.3, 0.4) is 0 Å². The van der Waals surface area contributed by atoms with Crippen molar-refractivity contribution in [1.29, 1.82) is 0 Å². The molecule has 0 bridgehead atoms. The molecule has 1 aromatic rings. The van der Waals surface area contributed by atoms with Crippen molar-refractivity contribution in [2.45, 2.75) is 58.3 Å². The van der Waals surface area contributed by atoms with E-state index in [1.807, 2.05) is 0 Å². The fourth-order valence-corrected chi connectivity index (χ4v) is 3.20. The molecular weight excluding hydrogens is 450 g/mol. The van der Waals surface area contributed by atoms with Gasteiger partial charge < -0.3 is 30.1 Å². The third-order valence-electron chi connectivity index (χ3n) is 4.33. The Balaban J connectivity index is 3.33. The Hall–Kier alpha value is -2.95. The summed E-state index contributed by atoms with van der Waals surface area (Å²) in [4.78, 5) is 51.7. The monoisotopic (exact) mass is 483 g/mol. The number of aromatic hydroxyl groups is 1. The molecule has 2 atom stereocenters. The lowest BCUT2D eigenvalue weighted by molar-refractivity contribution is -0.145. The summed E-state index contributed by atoms with van der Waals surface area (Å²) in [5, 5.41) is 14.9. The van der Waals surface area contributed by atoms with E-state index in [0.29, 0.717) is 5.56 Å². The predicted octanol–water partition coefficient (Wildman–Crippen LogP) is 1.78. The Morgan fingerprint density at radius 3 is 2.30 bits per heavy atom. The number of phenols is 1. The van der Waals surface area contributed by atoms with Gasteiger partial charge in [0.05, 0.1) is 7.11 Å². The summed E-state index contributed by atoms with van der Waals surface area (Å²) < 4.78 is 9.78. The molecule has 0 aliphatic heterocycles. The van der Waals surface area contributed by atoms with Gasteiger partial charge in [-0.15, -0.1) is 0 Å². The van der Waals surface area contributed by atoms with Gasteiger partial charge in [-0.1, -0.05) is 12.1 Å². The number of phenolic OH excluding ortho intramolecular Hbond substituents is 1. The van der Waals surface area contributed by atoms with E-state index in [9.17, 15) is 24.3 Å². The maximum Gasteiger partial charge on any atom is 0.408 e. The normalized spacial score (nSPS) is 13.0. The first-order chi connectivity index (χ1) is 15.3. The summed E-state index contributed by atoms with van der Waals surface area (Å²) in [5.41, 5.74) is -0.459. The van der Waals surface area contributed by atoms with Crippen molar-refractivity contribution in [3.8, 4) is 5.75 Å². The molecule has 0 radical (unpaired) electrons. The lowest BCUT2D eigenvalue weighted by atomic mass is 10.0. The van der Waals surface area contributed by atoms with E-state index < -0.39 is 54.1 Å². The van der Waals surface area contributed by atoms with Crippen LogP contribution < -0.4 is 10.6 Å².